The van der Waals surface area contributed by atoms with Gasteiger partial charge in [-0.05, 0) is 24.3 Å². The van der Waals surface area contributed by atoms with Crippen LogP contribution in [0.5, 0.6) is 0 Å². The van der Waals surface area contributed by atoms with Crippen LogP contribution in [-0.2, 0) is 10.0 Å². The van der Waals surface area contributed by atoms with E-state index < -0.39 is 15.9 Å². The number of nitrogens with zero attached hydrogens (tertiary/aromatic N) is 1. The number of halogens is 2. The normalized spacial score (nSPS) is 11.2. The zero-order chi connectivity index (χ0) is 18.7. The number of amides is 1. The highest BCUT2D eigenvalue weighted by Gasteiger charge is 2.23. The minimum absolute atomic E-state index is 0.0281. The van der Waals surface area contributed by atoms with Gasteiger partial charge in [-0.3, -0.25) is 14.8 Å². The van der Waals surface area contributed by atoms with Gasteiger partial charge in [-0.1, -0.05) is 41.4 Å². The second-order valence-corrected chi connectivity index (χ2v) is 8.39. The molecule has 134 valence electrons. The van der Waals surface area contributed by atoms with Gasteiger partial charge in [0, 0.05) is 17.3 Å². The maximum Gasteiger partial charge on any atom is 0.263 e. The molecule has 0 aliphatic rings. The van der Waals surface area contributed by atoms with Gasteiger partial charge in [-0.25, -0.2) is 13.4 Å². The molecule has 0 fully saturated rings. The molecule has 10 heteroatoms. The lowest BCUT2D eigenvalue weighted by atomic mass is 10.2. The van der Waals surface area contributed by atoms with Crippen LogP contribution >= 0.6 is 34.5 Å². The van der Waals surface area contributed by atoms with Crippen LogP contribution in [0.1, 0.15) is 10.4 Å². The van der Waals surface area contributed by atoms with E-state index in [1.807, 2.05) is 0 Å². The van der Waals surface area contributed by atoms with Crippen LogP contribution in [0.15, 0.2) is 58.9 Å². The van der Waals surface area contributed by atoms with E-state index in [9.17, 15) is 13.2 Å². The molecule has 1 amide bonds. The van der Waals surface area contributed by atoms with E-state index >= 15 is 0 Å². The Kier molecular flexibility index (Phi) is 5.47. The number of sulfonamides is 1. The van der Waals surface area contributed by atoms with E-state index in [0.29, 0.717) is 10.8 Å². The van der Waals surface area contributed by atoms with E-state index in [4.69, 9.17) is 23.2 Å². The van der Waals surface area contributed by atoms with Gasteiger partial charge >= 0.3 is 0 Å². The molecule has 0 radical (unpaired) electrons. The largest absolute Gasteiger partial charge is 0.298 e. The quantitative estimate of drug-likeness (QED) is 0.626. The van der Waals surface area contributed by atoms with Crippen molar-refractivity contribution in [3.63, 3.8) is 0 Å². The summed E-state index contributed by atoms with van der Waals surface area (Å²) in [7, 11) is -4.01. The molecule has 6 nitrogen and oxygen atoms in total. The van der Waals surface area contributed by atoms with Gasteiger partial charge in [0.2, 0.25) is 0 Å². The first-order valence-corrected chi connectivity index (χ1v) is 10.3. The number of aromatic nitrogens is 1. The number of nitrogens with one attached hydrogen (secondary N) is 2. The van der Waals surface area contributed by atoms with E-state index in [0.717, 1.165) is 6.07 Å². The van der Waals surface area contributed by atoms with Crippen molar-refractivity contribution in [2.45, 2.75) is 4.90 Å². The molecule has 0 saturated carbocycles. The lowest BCUT2D eigenvalue weighted by Crippen LogP contribution is -2.17. The van der Waals surface area contributed by atoms with Gasteiger partial charge in [-0.2, -0.15) is 0 Å². The molecule has 0 aliphatic heterocycles. The van der Waals surface area contributed by atoms with Crippen molar-refractivity contribution in [3.05, 3.63) is 69.7 Å². The molecule has 0 unspecified atom stereocenters. The van der Waals surface area contributed by atoms with Gasteiger partial charge < -0.3 is 0 Å². The molecule has 2 N–H and O–H groups in total. The van der Waals surface area contributed by atoms with Crippen molar-refractivity contribution in [3.8, 4) is 0 Å². The molecule has 0 atom stereocenters. The third-order valence-electron chi connectivity index (χ3n) is 3.23. The van der Waals surface area contributed by atoms with Crippen LogP contribution in [0, 0.1) is 0 Å². The number of anilines is 2. The number of hydrogen-bond acceptors (Lipinski definition) is 5. The van der Waals surface area contributed by atoms with Crippen LogP contribution in [0.4, 0.5) is 10.8 Å². The molecule has 3 rings (SSSR count). The number of benzene rings is 2. The number of carbonyl (C=O) groups excluding carboxylic acids is 1. The number of para-hydroxylation sites is 1. The van der Waals surface area contributed by atoms with Gasteiger partial charge in [0.25, 0.3) is 15.9 Å². The van der Waals surface area contributed by atoms with Crippen molar-refractivity contribution >= 4 is 61.3 Å². The van der Waals surface area contributed by atoms with E-state index in [-0.39, 0.29) is 20.5 Å². The van der Waals surface area contributed by atoms with Gasteiger partial charge in [0.1, 0.15) is 4.90 Å². The molecular weight excluding hydrogens is 417 g/mol. The fourth-order valence-corrected chi connectivity index (χ4v) is 4.52. The lowest BCUT2D eigenvalue weighted by Gasteiger charge is -2.12. The number of hydrogen-bond donors (Lipinski definition) is 2. The molecule has 0 spiro atoms. The SMILES string of the molecule is O=C(Nc1nccs1)c1cc(S(=O)(=O)Nc2ccccc2)c(Cl)cc1Cl. The molecule has 26 heavy (non-hydrogen) atoms. The van der Waals surface area contributed by atoms with Crippen LogP contribution in [0.25, 0.3) is 0 Å². The lowest BCUT2D eigenvalue weighted by molar-refractivity contribution is 0.102. The Morgan fingerprint density at radius 3 is 2.46 bits per heavy atom. The molecule has 0 saturated heterocycles. The fraction of sp³-hybridized carbons (Fsp3) is 0. The summed E-state index contributed by atoms with van der Waals surface area (Å²) in [5.74, 6) is -0.585. The van der Waals surface area contributed by atoms with Crippen molar-refractivity contribution < 1.29 is 13.2 Å². The first-order chi connectivity index (χ1) is 12.4. The number of thiazole rings is 1. The predicted octanol–water partition coefficient (Wildman–Crippen LogP) is 4.50. The molecule has 2 aromatic carbocycles. The van der Waals surface area contributed by atoms with E-state index in [1.165, 1.54) is 23.6 Å². The number of rotatable bonds is 5. The van der Waals surface area contributed by atoms with E-state index in [2.05, 4.69) is 15.0 Å². The summed E-state index contributed by atoms with van der Waals surface area (Å²) in [4.78, 5) is 16.1. The number of carbonyl (C=O) groups is 1. The van der Waals surface area contributed by atoms with Crippen LogP contribution < -0.4 is 10.0 Å². The molecule has 0 aliphatic carbocycles. The second kappa shape index (κ2) is 7.63. The summed E-state index contributed by atoms with van der Waals surface area (Å²) in [6.45, 7) is 0. The summed E-state index contributed by atoms with van der Waals surface area (Å²) in [6, 6.07) is 10.7. The van der Waals surface area contributed by atoms with Gasteiger partial charge in [0.05, 0.1) is 15.6 Å². The standard InChI is InChI=1S/C16H11Cl2N3O3S2/c17-12-9-13(18)14(26(23,24)21-10-4-2-1-3-5-10)8-11(12)15(22)20-16-19-6-7-25-16/h1-9,21H,(H,19,20,22). The van der Waals surface area contributed by atoms with E-state index in [1.54, 1.807) is 35.7 Å². The smallest absolute Gasteiger partial charge is 0.263 e. The Bertz CT molecular complexity index is 1040. The first-order valence-electron chi connectivity index (χ1n) is 7.14. The molecule has 1 aromatic heterocycles. The van der Waals surface area contributed by atoms with Crippen molar-refractivity contribution in [2.24, 2.45) is 0 Å². The maximum absolute atomic E-state index is 12.6. The monoisotopic (exact) mass is 427 g/mol. The minimum Gasteiger partial charge on any atom is -0.298 e. The fourth-order valence-electron chi connectivity index (χ4n) is 2.08. The Morgan fingerprint density at radius 2 is 1.81 bits per heavy atom. The average Bonchev–Trinajstić information content (AvgIpc) is 3.08. The predicted molar refractivity (Wildman–Crippen MR) is 104 cm³/mol. The third-order valence-corrected chi connectivity index (χ3v) is 6.08. The highest BCUT2D eigenvalue weighted by atomic mass is 35.5. The molecule has 0 bridgehead atoms. The van der Waals surface area contributed by atoms with Crippen molar-refractivity contribution in [1.82, 2.24) is 4.98 Å². The minimum atomic E-state index is -4.01. The molecule has 3 aromatic rings. The Balaban J connectivity index is 1.96. The first kappa shape index (κ1) is 18.7. The summed E-state index contributed by atoms with van der Waals surface area (Å²) in [6.07, 6.45) is 1.53. The maximum atomic E-state index is 12.6. The van der Waals surface area contributed by atoms with Crippen molar-refractivity contribution in [1.29, 1.82) is 0 Å². The molecular formula is C16H11Cl2N3O3S2. The Morgan fingerprint density at radius 1 is 1.08 bits per heavy atom. The zero-order valence-corrected chi connectivity index (χ0v) is 16.1. The zero-order valence-electron chi connectivity index (χ0n) is 12.9. The molecule has 1 heterocycles. The summed E-state index contributed by atoms with van der Waals surface area (Å²) in [5, 5.41) is 4.55. The van der Waals surface area contributed by atoms with Crippen LogP contribution in [-0.4, -0.2) is 19.3 Å². The Labute approximate surface area is 163 Å². The highest BCUT2D eigenvalue weighted by Crippen LogP contribution is 2.30. The van der Waals surface area contributed by atoms with Gasteiger partial charge in [-0.15, -0.1) is 11.3 Å². The highest BCUT2D eigenvalue weighted by molar-refractivity contribution is 7.92. The third kappa shape index (κ3) is 4.16. The second-order valence-electron chi connectivity index (χ2n) is 5.03. The van der Waals surface area contributed by atoms with Crippen LogP contribution in [0.2, 0.25) is 10.0 Å². The average molecular weight is 428 g/mol. The van der Waals surface area contributed by atoms with Gasteiger partial charge in [0.15, 0.2) is 5.13 Å². The summed E-state index contributed by atoms with van der Waals surface area (Å²) < 4.78 is 27.7. The van der Waals surface area contributed by atoms with Crippen molar-refractivity contribution in [2.75, 3.05) is 10.0 Å². The Hall–Kier alpha value is -2.13. The topological polar surface area (TPSA) is 88.2 Å². The van der Waals surface area contributed by atoms with Crippen LogP contribution in [0.3, 0.4) is 0 Å². The summed E-state index contributed by atoms with van der Waals surface area (Å²) >= 11 is 13.3. The summed E-state index contributed by atoms with van der Waals surface area (Å²) in [5.41, 5.74) is 0.340.